The highest BCUT2D eigenvalue weighted by Gasteiger charge is 2.28. The lowest BCUT2D eigenvalue weighted by Crippen LogP contribution is -2.28. The summed E-state index contributed by atoms with van der Waals surface area (Å²) in [5.74, 6) is -0.578. The smallest absolute Gasteiger partial charge is 0.262 e. The van der Waals surface area contributed by atoms with Gasteiger partial charge in [0.15, 0.2) is 5.17 Å². The Labute approximate surface area is 119 Å². The highest BCUT2D eigenvalue weighted by Crippen LogP contribution is 2.22. The number of rotatable bonds is 4. The van der Waals surface area contributed by atoms with E-state index in [1.54, 1.807) is 6.07 Å². The van der Waals surface area contributed by atoms with Crippen LogP contribution in [0, 0.1) is 0 Å². The molecular formula is C12H12ClN3O2S. The lowest BCUT2D eigenvalue weighted by Gasteiger charge is -2.08. The highest BCUT2D eigenvalue weighted by atomic mass is 35.5. The quantitative estimate of drug-likeness (QED) is 0.877. The van der Waals surface area contributed by atoms with Crippen molar-refractivity contribution in [2.24, 2.45) is 10.7 Å². The second kappa shape index (κ2) is 6.08. The zero-order valence-electron chi connectivity index (χ0n) is 9.93. The third kappa shape index (κ3) is 3.71. The van der Waals surface area contributed by atoms with E-state index in [0.29, 0.717) is 11.6 Å². The lowest BCUT2D eigenvalue weighted by molar-refractivity contribution is -0.124. The average molecular weight is 298 g/mol. The minimum absolute atomic E-state index is 0.0676. The Hall–Kier alpha value is -1.53. The first-order valence-corrected chi connectivity index (χ1v) is 6.87. The molecule has 1 aromatic carbocycles. The standard InChI is InChI=1S/C12H12ClN3O2S/c13-8-4-2-1-3-7(8)6-15-10(17)5-9-11(18)16-12(14)19-9/h1-4,9H,5-6H2,(H,15,17)(H2,14,16,18). The van der Waals surface area contributed by atoms with Gasteiger partial charge in [-0.3, -0.25) is 9.59 Å². The maximum Gasteiger partial charge on any atom is 0.262 e. The Balaban J connectivity index is 1.83. The number of thioether (sulfide) groups is 1. The Bertz CT molecular complexity index is 548. The maximum absolute atomic E-state index is 11.7. The molecule has 0 spiro atoms. The third-order valence-corrected chi connectivity index (χ3v) is 3.92. The number of halogens is 1. The summed E-state index contributed by atoms with van der Waals surface area (Å²) in [5, 5.41) is 3.03. The summed E-state index contributed by atoms with van der Waals surface area (Å²) in [6.07, 6.45) is 0.0676. The van der Waals surface area contributed by atoms with E-state index in [1.807, 2.05) is 18.2 Å². The van der Waals surface area contributed by atoms with Crippen molar-refractivity contribution in [2.45, 2.75) is 18.2 Å². The fourth-order valence-electron chi connectivity index (χ4n) is 1.61. The van der Waals surface area contributed by atoms with Crippen LogP contribution >= 0.6 is 23.4 Å². The fraction of sp³-hybridized carbons (Fsp3) is 0.250. The predicted molar refractivity (Wildman–Crippen MR) is 75.9 cm³/mol. The van der Waals surface area contributed by atoms with Gasteiger partial charge in [-0.15, -0.1) is 0 Å². The van der Waals surface area contributed by atoms with E-state index in [2.05, 4.69) is 10.3 Å². The summed E-state index contributed by atoms with van der Waals surface area (Å²) in [6, 6.07) is 7.26. The number of nitrogens with zero attached hydrogens (tertiary/aromatic N) is 1. The first kappa shape index (κ1) is 13.9. The molecule has 0 saturated heterocycles. The van der Waals surface area contributed by atoms with Crippen LogP contribution in [0.25, 0.3) is 0 Å². The number of amidine groups is 1. The minimum atomic E-state index is -0.508. The molecule has 1 aliphatic heterocycles. The van der Waals surface area contributed by atoms with E-state index in [1.165, 1.54) is 0 Å². The van der Waals surface area contributed by atoms with Crippen LogP contribution in [0.1, 0.15) is 12.0 Å². The number of aliphatic imine (C=N–C) groups is 1. The highest BCUT2D eigenvalue weighted by molar-refractivity contribution is 8.15. The Kier molecular flexibility index (Phi) is 4.44. The van der Waals surface area contributed by atoms with Crippen LogP contribution in [0.2, 0.25) is 5.02 Å². The molecule has 1 aliphatic rings. The normalized spacial score (nSPS) is 18.3. The fourth-order valence-corrected chi connectivity index (χ4v) is 2.63. The van der Waals surface area contributed by atoms with Crippen LogP contribution in [-0.2, 0) is 16.1 Å². The molecule has 19 heavy (non-hydrogen) atoms. The molecule has 5 nitrogen and oxygen atoms in total. The van der Waals surface area contributed by atoms with Crippen molar-refractivity contribution in [3.05, 3.63) is 34.9 Å². The topological polar surface area (TPSA) is 84.5 Å². The molecule has 0 saturated carbocycles. The van der Waals surface area contributed by atoms with Crippen molar-refractivity contribution in [3.8, 4) is 0 Å². The van der Waals surface area contributed by atoms with Crippen LogP contribution in [-0.4, -0.2) is 22.2 Å². The molecular weight excluding hydrogens is 286 g/mol. The van der Waals surface area contributed by atoms with Crippen LogP contribution < -0.4 is 11.1 Å². The molecule has 1 aromatic rings. The molecule has 1 unspecified atom stereocenters. The van der Waals surface area contributed by atoms with Gasteiger partial charge in [0, 0.05) is 18.0 Å². The molecule has 0 aromatic heterocycles. The predicted octanol–water partition coefficient (Wildman–Crippen LogP) is 1.30. The molecule has 100 valence electrons. The van der Waals surface area contributed by atoms with Gasteiger partial charge in [0.05, 0.1) is 0 Å². The zero-order valence-corrected chi connectivity index (χ0v) is 11.5. The van der Waals surface area contributed by atoms with E-state index in [-0.39, 0.29) is 23.4 Å². The summed E-state index contributed by atoms with van der Waals surface area (Å²) in [7, 11) is 0. The summed E-state index contributed by atoms with van der Waals surface area (Å²) in [4.78, 5) is 26.7. The monoisotopic (exact) mass is 297 g/mol. The second-order valence-corrected chi connectivity index (χ2v) is 5.60. The van der Waals surface area contributed by atoms with Crippen molar-refractivity contribution >= 4 is 40.3 Å². The van der Waals surface area contributed by atoms with E-state index in [4.69, 9.17) is 17.3 Å². The molecule has 0 bridgehead atoms. The summed E-state index contributed by atoms with van der Waals surface area (Å²) >= 11 is 7.09. The molecule has 3 N–H and O–H groups in total. The van der Waals surface area contributed by atoms with Crippen molar-refractivity contribution < 1.29 is 9.59 Å². The Morgan fingerprint density at radius 3 is 2.84 bits per heavy atom. The van der Waals surface area contributed by atoms with Crippen molar-refractivity contribution in [1.82, 2.24) is 5.32 Å². The number of amides is 2. The Morgan fingerprint density at radius 2 is 2.21 bits per heavy atom. The van der Waals surface area contributed by atoms with Crippen molar-refractivity contribution in [3.63, 3.8) is 0 Å². The van der Waals surface area contributed by atoms with Crippen LogP contribution in [0.5, 0.6) is 0 Å². The van der Waals surface area contributed by atoms with Crippen molar-refractivity contribution in [1.29, 1.82) is 0 Å². The number of carbonyl (C=O) groups is 2. The number of nitrogens with one attached hydrogen (secondary N) is 1. The third-order valence-electron chi connectivity index (χ3n) is 2.56. The molecule has 1 atom stereocenters. The van der Waals surface area contributed by atoms with Gasteiger partial charge in [-0.1, -0.05) is 41.6 Å². The number of hydrogen-bond acceptors (Lipinski definition) is 4. The van der Waals surface area contributed by atoms with Gasteiger partial charge in [0.1, 0.15) is 5.25 Å². The summed E-state index contributed by atoms with van der Waals surface area (Å²) in [5.41, 5.74) is 6.25. The van der Waals surface area contributed by atoms with Gasteiger partial charge in [0.2, 0.25) is 5.91 Å². The van der Waals surface area contributed by atoms with E-state index in [0.717, 1.165) is 17.3 Å². The maximum atomic E-state index is 11.7. The van der Waals surface area contributed by atoms with E-state index >= 15 is 0 Å². The van der Waals surface area contributed by atoms with Gasteiger partial charge in [-0.2, -0.15) is 4.99 Å². The van der Waals surface area contributed by atoms with Crippen LogP contribution in [0.3, 0.4) is 0 Å². The lowest BCUT2D eigenvalue weighted by atomic mass is 10.2. The van der Waals surface area contributed by atoms with E-state index < -0.39 is 5.25 Å². The number of hydrogen-bond donors (Lipinski definition) is 2. The number of benzene rings is 1. The molecule has 1 heterocycles. The Morgan fingerprint density at radius 1 is 1.47 bits per heavy atom. The molecule has 2 rings (SSSR count). The number of carbonyl (C=O) groups excluding carboxylic acids is 2. The average Bonchev–Trinajstić information content (AvgIpc) is 2.67. The molecule has 7 heteroatoms. The van der Waals surface area contributed by atoms with E-state index in [9.17, 15) is 9.59 Å². The minimum Gasteiger partial charge on any atom is -0.378 e. The zero-order chi connectivity index (χ0) is 13.8. The first-order chi connectivity index (χ1) is 9.06. The summed E-state index contributed by atoms with van der Waals surface area (Å²) in [6.45, 7) is 0.334. The summed E-state index contributed by atoms with van der Waals surface area (Å²) < 4.78 is 0. The van der Waals surface area contributed by atoms with Gasteiger partial charge in [-0.05, 0) is 11.6 Å². The number of nitrogens with two attached hydrogens (primary N) is 1. The second-order valence-electron chi connectivity index (χ2n) is 3.97. The van der Waals surface area contributed by atoms with Gasteiger partial charge in [0.25, 0.3) is 5.91 Å². The molecule has 0 aliphatic carbocycles. The van der Waals surface area contributed by atoms with Gasteiger partial charge in [-0.25, -0.2) is 0 Å². The van der Waals surface area contributed by atoms with Gasteiger partial charge >= 0.3 is 0 Å². The van der Waals surface area contributed by atoms with Gasteiger partial charge < -0.3 is 11.1 Å². The first-order valence-electron chi connectivity index (χ1n) is 5.61. The molecule has 0 radical (unpaired) electrons. The largest absolute Gasteiger partial charge is 0.378 e. The van der Waals surface area contributed by atoms with Crippen molar-refractivity contribution in [2.75, 3.05) is 0 Å². The SMILES string of the molecule is NC1=NC(=O)C(CC(=O)NCc2ccccc2Cl)S1. The van der Waals surface area contributed by atoms with Crippen LogP contribution in [0.4, 0.5) is 0 Å². The van der Waals surface area contributed by atoms with Crippen LogP contribution in [0.15, 0.2) is 29.3 Å². The molecule has 0 fully saturated rings. The molecule has 2 amide bonds.